The summed E-state index contributed by atoms with van der Waals surface area (Å²) >= 11 is 0. The lowest BCUT2D eigenvalue weighted by Gasteiger charge is -2.12. The summed E-state index contributed by atoms with van der Waals surface area (Å²) in [5, 5.41) is 19.0. The van der Waals surface area contributed by atoms with Crippen molar-refractivity contribution in [2.45, 2.75) is 13.2 Å². The number of methoxy groups -OCH3 is 2. The molecule has 49 heavy (non-hydrogen) atoms. The van der Waals surface area contributed by atoms with Crippen molar-refractivity contribution in [3.8, 4) is 23.0 Å². The molecule has 5 heteroatoms. The Kier molecular flexibility index (Phi) is 10.7. The average molecular weight is 647 g/mol. The molecule has 2 N–H and O–H groups in total. The number of aliphatic hydroxyl groups is 2. The fraction of sp³-hybridized carbons (Fsp3) is 0.0909. The van der Waals surface area contributed by atoms with Crippen LogP contribution in [0.4, 0.5) is 0 Å². The van der Waals surface area contributed by atoms with Crippen LogP contribution in [0.25, 0.3) is 23.3 Å². The van der Waals surface area contributed by atoms with Crippen molar-refractivity contribution < 1.29 is 24.4 Å². The second-order valence-electron chi connectivity index (χ2n) is 11.5. The molecule has 0 fully saturated rings. The number of hydrogen-bond acceptors (Lipinski definition) is 5. The Morgan fingerprint density at radius 1 is 0.408 bits per heavy atom. The first-order valence-corrected chi connectivity index (χ1v) is 16.1. The highest BCUT2D eigenvalue weighted by Gasteiger charge is 2.09. The van der Waals surface area contributed by atoms with E-state index in [1.54, 1.807) is 14.2 Å². The summed E-state index contributed by atoms with van der Waals surface area (Å²) in [4.78, 5) is 0. The highest BCUT2D eigenvalue weighted by atomic mass is 16.5. The maximum Gasteiger partial charge on any atom is 0.127 e. The molecule has 5 nitrogen and oxygen atoms in total. The van der Waals surface area contributed by atoms with Gasteiger partial charge in [0.2, 0.25) is 0 Å². The Labute approximate surface area is 287 Å². The summed E-state index contributed by atoms with van der Waals surface area (Å²) in [6, 6.07) is 48.0. The minimum absolute atomic E-state index is 0.000156. The van der Waals surface area contributed by atoms with Gasteiger partial charge in [0.1, 0.15) is 23.0 Å². The van der Waals surface area contributed by atoms with Crippen LogP contribution >= 0.6 is 0 Å². The molecule has 0 aromatic heterocycles. The number of rotatable bonds is 12. The molecular weight excluding hydrogens is 608 g/mol. The van der Waals surface area contributed by atoms with E-state index >= 15 is 0 Å². The van der Waals surface area contributed by atoms with Crippen LogP contribution in [0.5, 0.6) is 23.0 Å². The quantitative estimate of drug-likeness (QED) is 0.130. The maximum absolute atomic E-state index is 9.51. The average Bonchev–Trinajstić information content (AvgIpc) is 3.17. The van der Waals surface area contributed by atoms with Gasteiger partial charge in [0.25, 0.3) is 0 Å². The molecule has 0 amide bonds. The first-order chi connectivity index (χ1) is 24.0. The normalized spacial score (nSPS) is 10.6. The number of hydrogen-bond donors (Lipinski definition) is 2. The van der Waals surface area contributed by atoms with E-state index in [1.807, 2.05) is 109 Å². The van der Waals surface area contributed by atoms with Gasteiger partial charge in [-0.2, -0.15) is 0 Å². The first-order valence-electron chi connectivity index (χ1n) is 16.1. The lowest BCUT2D eigenvalue weighted by atomic mass is 9.94. The maximum atomic E-state index is 9.51. The lowest BCUT2D eigenvalue weighted by molar-refractivity contribution is 0.281. The van der Waals surface area contributed by atoms with E-state index in [-0.39, 0.29) is 13.2 Å². The van der Waals surface area contributed by atoms with Gasteiger partial charge in [0, 0.05) is 0 Å². The molecule has 0 atom stereocenters. The summed E-state index contributed by atoms with van der Waals surface area (Å²) in [6.07, 6.45) is 4.30. The largest absolute Gasteiger partial charge is 0.497 e. The van der Waals surface area contributed by atoms with Crippen molar-refractivity contribution in [3.05, 3.63) is 190 Å². The van der Waals surface area contributed by atoms with E-state index in [2.05, 4.69) is 48.6 Å². The molecule has 0 radical (unpaired) electrons. The molecule has 6 rings (SSSR count). The third kappa shape index (κ3) is 8.35. The summed E-state index contributed by atoms with van der Waals surface area (Å²) in [5.41, 5.74) is 10.1. The minimum atomic E-state index is -0.000156. The Morgan fingerprint density at radius 3 is 0.980 bits per heavy atom. The molecule has 0 spiro atoms. The second kappa shape index (κ2) is 15.8. The van der Waals surface area contributed by atoms with Gasteiger partial charge in [-0.05, 0) is 116 Å². The summed E-state index contributed by atoms with van der Waals surface area (Å²) in [6.45, 7) is -0.000312. The standard InChI is InChI=1S/C44H38O5/c1-47-39-23-15-37(16-24-39)44(38-17-25-40(48-2)26-18-38)28-32-9-21-42(22-10-32)49-41-19-7-31(8-20-41)27-43(35-11-3-33(29-45)4-12-35)36-13-5-34(30-46)6-14-36/h3-28,45-46H,29-30H2,1-2H3. The summed E-state index contributed by atoms with van der Waals surface area (Å²) in [7, 11) is 3.34. The zero-order chi connectivity index (χ0) is 34.0. The molecule has 244 valence electrons. The number of aliphatic hydroxyl groups excluding tert-OH is 2. The topological polar surface area (TPSA) is 68.2 Å². The summed E-state index contributed by atoms with van der Waals surface area (Å²) in [5.74, 6) is 3.10. The van der Waals surface area contributed by atoms with E-state index in [4.69, 9.17) is 14.2 Å². The van der Waals surface area contributed by atoms with Crippen LogP contribution in [0.3, 0.4) is 0 Å². The third-order valence-electron chi connectivity index (χ3n) is 8.31. The van der Waals surface area contributed by atoms with E-state index in [1.165, 1.54) is 0 Å². The van der Waals surface area contributed by atoms with Crippen LogP contribution in [0.2, 0.25) is 0 Å². The van der Waals surface area contributed by atoms with Gasteiger partial charge in [0.05, 0.1) is 27.4 Å². The molecule has 0 aliphatic heterocycles. The van der Waals surface area contributed by atoms with Gasteiger partial charge in [0.15, 0.2) is 0 Å². The van der Waals surface area contributed by atoms with Crippen LogP contribution in [0, 0.1) is 0 Å². The van der Waals surface area contributed by atoms with Gasteiger partial charge >= 0.3 is 0 Å². The predicted octanol–water partition coefficient (Wildman–Crippen LogP) is 9.66. The van der Waals surface area contributed by atoms with Crippen LogP contribution in [-0.4, -0.2) is 24.4 Å². The molecule has 0 heterocycles. The van der Waals surface area contributed by atoms with Crippen LogP contribution in [0.1, 0.15) is 44.5 Å². The minimum Gasteiger partial charge on any atom is -0.497 e. The Bertz CT molecular complexity index is 1760. The highest BCUT2D eigenvalue weighted by Crippen LogP contribution is 2.31. The van der Waals surface area contributed by atoms with Crippen molar-refractivity contribution in [1.29, 1.82) is 0 Å². The first kappa shape index (κ1) is 33.0. The van der Waals surface area contributed by atoms with Crippen LogP contribution < -0.4 is 14.2 Å². The van der Waals surface area contributed by atoms with Crippen molar-refractivity contribution in [3.63, 3.8) is 0 Å². The zero-order valence-electron chi connectivity index (χ0n) is 27.5. The van der Waals surface area contributed by atoms with Gasteiger partial charge in [-0.25, -0.2) is 0 Å². The van der Waals surface area contributed by atoms with Crippen molar-refractivity contribution in [1.82, 2.24) is 0 Å². The van der Waals surface area contributed by atoms with Crippen LogP contribution in [0.15, 0.2) is 146 Å². The van der Waals surface area contributed by atoms with Crippen molar-refractivity contribution in [2.24, 2.45) is 0 Å². The van der Waals surface area contributed by atoms with E-state index in [0.717, 1.165) is 78.7 Å². The monoisotopic (exact) mass is 646 g/mol. The SMILES string of the molecule is COc1ccc(C(=Cc2ccc(Oc3ccc(C=C(c4ccc(CO)cc4)c4ccc(CO)cc4)cc3)cc2)c2ccc(OC)cc2)cc1. The third-order valence-corrected chi connectivity index (χ3v) is 8.31. The van der Waals surface area contributed by atoms with Gasteiger partial charge in [-0.3, -0.25) is 0 Å². The molecule has 0 bridgehead atoms. The molecule has 0 aliphatic carbocycles. The number of benzene rings is 6. The van der Waals surface area contributed by atoms with Gasteiger partial charge < -0.3 is 24.4 Å². The fourth-order valence-corrected chi connectivity index (χ4v) is 5.52. The smallest absolute Gasteiger partial charge is 0.127 e. The van der Waals surface area contributed by atoms with Crippen molar-refractivity contribution in [2.75, 3.05) is 14.2 Å². The van der Waals surface area contributed by atoms with Crippen molar-refractivity contribution >= 4 is 23.3 Å². The Morgan fingerprint density at radius 2 is 0.694 bits per heavy atom. The Balaban J connectivity index is 1.22. The van der Waals surface area contributed by atoms with Gasteiger partial charge in [-0.1, -0.05) is 97.1 Å². The second-order valence-corrected chi connectivity index (χ2v) is 11.5. The van der Waals surface area contributed by atoms with Crippen LogP contribution in [-0.2, 0) is 13.2 Å². The Hall–Kier alpha value is -5.88. The molecule has 6 aromatic carbocycles. The van der Waals surface area contributed by atoms with E-state index < -0.39 is 0 Å². The molecule has 6 aromatic rings. The highest BCUT2D eigenvalue weighted by molar-refractivity contribution is 5.92. The van der Waals surface area contributed by atoms with E-state index in [9.17, 15) is 10.2 Å². The number of ether oxygens (including phenoxy) is 3. The lowest BCUT2D eigenvalue weighted by Crippen LogP contribution is -1.92. The molecule has 0 unspecified atom stereocenters. The molecular formula is C44H38O5. The fourth-order valence-electron chi connectivity index (χ4n) is 5.52. The zero-order valence-corrected chi connectivity index (χ0v) is 27.5. The molecule has 0 aliphatic rings. The predicted molar refractivity (Wildman–Crippen MR) is 198 cm³/mol. The summed E-state index contributed by atoms with van der Waals surface area (Å²) < 4.78 is 17.0. The van der Waals surface area contributed by atoms with E-state index in [0.29, 0.717) is 0 Å². The van der Waals surface area contributed by atoms with Gasteiger partial charge in [-0.15, -0.1) is 0 Å². The molecule has 0 saturated carbocycles. The molecule has 0 saturated heterocycles.